The molecule has 0 radical (unpaired) electrons. The van der Waals surface area contributed by atoms with Crippen LogP contribution in [0.2, 0.25) is 0 Å². The molecule has 1 aliphatic heterocycles. The van der Waals surface area contributed by atoms with Crippen molar-refractivity contribution in [2.45, 2.75) is 51.5 Å². The van der Waals surface area contributed by atoms with Gasteiger partial charge in [-0.05, 0) is 32.6 Å². The van der Waals surface area contributed by atoms with Gasteiger partial charge >= 0.3 is 0 Å². The number of amides is 1. The fourth-order valence-corrected chi connectivity index (χ4v) is 2.18. The number of rotatable bonds is 2. The summed E-state index contributed by atoms with van der Waals surface area (Å²) in [6, 6.07) is 0.367. The van der Waals surface area contributed by atoms with E-state index in [1.54, 1.807) is 6.92 Å². The van der Waals surface area contributed by atoms with Gasteiger partial charge in [0.2, 0.25) is 5.91 Å². The summed E-state index contributed by atoms with van der Waals surface area (Å²) >= 11 is 5.83. The van der Waals surface area contributed by atoms with E-state index in [2.05, 4.69) is 13.8 Å². The molecule has 2 nitrogen and oxygen atoms in total. The molecule has 1 aliphatic rings. The highest BCUT2D eigenvalue weighted by Crippen LogP contribution is 2.25. The van der Waals surface area contributed by atoms with Crippen molar-refractivity contribution < 1.29 is 4.79 Å². The molecule has 0 bridgehead atoms. The van der Waals surface area contributed by atoms with Gasteiger partial charge in [-0.15, -0.1) is 11.6 Å². The standard InChI is InChI=1S/C11H20ClNO/c1-4-10-6-5-8(2)13(7-10)11(14)9(3)12/h8-10H,4-7H2,1-3H3. The number of hydrogen-bond acceptors (Lipinski definition) is 1. The normalized spacial score (nSPS) is 30.1. The van der Waals surface area contributed by atoms with E-state index in [0.717, 1.165) is 19.4 Å². The summed E-state index contributed by atoms with van der Waals surface area (Å²) in [4.78, 5) is 13.7. The third-order valence-corrected chi connectivity index (χ3v) is 3.37. The van der Waals surface area contributed by atoms with Gasteiger partial charge in [0.15, 0.2) is 0 Å². The third-order valence-electron chi connectivity index (χ3n) is 3.18. The molecule has 3 atom stereocenters. The molecule has 0 aromatic carbocycles. The molecule has 1 fully saturated rings. The van der Waals surface area contributed by atoms with Crippen LogP contribution in [-0.2, 0) is 4.79 Å². The molecule has 0 aromatic rings. The number of alkyl halides is 1. The van der Waals surface area contributed by atoms with Crippen LogP contribution in [0.5, 0.6) is 0 Å². The lowest BCUT2D eigenvalue weighted by molar-refractivity contribution is -0.134. The molecule has 3 heteroatoms. The predicted octanol–water partition coefficient (Wildman–Crippen LogP) is 2.65. The topological polar surface area (TPSA) is 20.3 Å². The maximum absolute atomic E-state index is 11.8. The zero-order valence-electron chi connectivity index (χ0n) is 9.29. The van der Waals surface area contributed by atoms with Crippen molar-refractivity contribution in [2.24, 2.45) is 5.92 Å². The summed E-state index contributed by atoms with van der Waals surface area (Å²) in [6.45, 7) is 6.95. The van der Waals surface area contributed by atoms with Gasteiger partial charge in [-0.2, -0.15) is 0 Å². The largest absolute Gasteiger partial charge is 0.338 e. The zero-order chi connectivity index (χ0) is 10.7. The Morgan fingerprint density at radius 3 is 2.71 bits per heavy atom. The van der Waals surface area contributed by atoms with Crippen molar-refractivity contribution in [1.29, 1.82) is 0 Å². The number of halogens is 1. The van der Waals surface area contributed by atoms with E-state index in [9.17, 15) is 4.79 Å². The molecule has 0 aromatic heterocycles. The van der Waals surface area contributed by atoms with Crippen molar-refractivity contribution in [2.75, 3.05) is 6.54 Å². The van der Waals surface area contributed by atoms with Crippen LogP contribution in [0.15, 0.2) is 0 Å². The lowest BCUT2D eigenvalue weighted by atomic mass is 9.91. The van der Waals surface area contributed by atoms with E-state index >= 15 is 0 Å². The van der Waals surface area contributed by atoms with Gasteiger partial charge in [0, 0.05) is 12.6 Å². The van der Waals surface area contributed by atoms with Gasteiger partial charge < -0.3 is 4.90 Å². The van der Waals surface area contributed by atoms with E-state index in [1.807, 2.05) is 4.90 Å². The van der Waals surface area contributed by atoms with E-state index in [1.165, 1.54) is 6.42 Å². The Morgan fingerprint density at radius 2 is 2.21 bits per heavy atom. The Labute approximate surface area is 91.6 Å². The van der Waals surface area contributed by atoms with Crippen LogP contribution in [0.3, 0.4) is 0 Å². The van der Waals surface area contributed by atoms with Crippen LogP contribution in [0.4, 0.5) is 0 Å². The average molecular weight is 218 g/mol. The number of hydrogen-bond donors (Lipinski definition) is 0. The Bertz CT molecular complexity index is 205. The van der Waals surface area contributed by atoms with Crippen LogP contribution < -0.4 is 0 Å². The highest BCUT2D eigenvalue weighted by Gasteiger charge is 2.29. The lowest BCUT2D eigenvalue weighted by Crippen LogP contribution is -2.47. The smallest absolute Gasteiger partial charge is 0.240 e. The van der Waals surface area contributed by atoms with E-state index in [4.69, 9.17) is 11.6 Å². The van der Waals surface area contributed by atoms with Crippen LogP contribution >= 0.6 is 11.6 Å². The van der Waals surface area contributed by atoms with E-state index < -0.39 is 0 Å². The maximum Gasteiger partial charge on any atom is 0.240 e. The summed E-state index contributed by atoms with van der Waals surface area (Å²) in [5.41, 5.74) is 0. The Balaban J connectivity index is 2.60. The van der Waals surface area contributed by atoms with Crippen LogP contribution in [0, 0.1) is 5.92 Å². The predicted molar refractivity (Wildman–Crippen MR) is 59.5 cm³/mol. The number of piperidine rings is 1. The average Bonchev–Trinajstić information content (AvgIpc) is 2.17. The minimum Gasteiger partial charge on any atom is -0.338 e. The highest BCUT2D eigenvalue weighted by atomic mass is 35.5. The van der Waals surface area contributed by atoms with Crippen LogP contribution in [0.25, 0.3) is 0 Å². The van der Waals surface area contributed by atoms with Gasteiger partial charge in [-0.1, -0.05) is 13.3 Å². The molecule has 0 aliphatic carbocycles. The molecule has 1 heterocycles. The third kappa shape index (κ3) is 2.63. The molecule has 0 saturated carbocycles. The van der Waals surface area contributed by atoms with Gasteiger partial charge in [0.25, 0.3) is 0 Å². The van der Waals surface area contributed by atoms with E-state index in [-0.39, 0.29) is 11.3 Å². The number of carbonyl (C=O) groups is 1. The summed E-state index contributed by atoms with van der Waals surface area (Å²) in [6.07, 6.45) is 3.53. The fourth-order valence-electron chi connectivity index (χ4n) is 2.05. The first-order chi connectivity index (χ1) is 6.56. The van der Waals surface area contributed by atoms with Crippen molar-refractivity contribution in [3.8, 4) is 0 Å². The maximum atomic E-state index is 11.8. The van der Waals surface area contributed by atoms with Crippen molar-refractivity contribution >= 4 is 17.5 Å². The second kappa shape index (κ2) is 5.01. The Hall–Kier alpha value is -0.240. The minimum atomic E-state index is -0.381. The van der Waals surface area contributed by atoms with Gasteiger partial charge in [0.05, 0.1) is 0 Å². The summed E-state index contributed by atoms with van der Waals surface area (Å²) in [7, 11) is 0. The molecule has 0 N–H and O–H groups in total. The zero-order valence-corrected chi connectivity index (χ0v) is 10.0. The monoisotopic (exact) mass is 217 g/mol. The molecular weight excluding hydrogens is 198 g/mol. The van der Waals surface area contributed by atoms with E-state index in [0.29, 0.717) is 12.0 Å². The molecule has 82 valence electrons. The second-order valence-electron chi connectivity index (χ2n) is 4.31. The fraction of sp³-hybridized carbons (Fsp3) is 0.909. The number of likely N-dealkylation sites (tertiary alicyclic amines) is 1. The highest BCUT2D eigenvalue weighted by molar-refractivity contribution is 6.30. The molecule has 1 saturated heterocycles. The summed E-state index contributed by atoms with van der Waals surface area (Å²) in [5.74, 6) is 0.767. The first kappa shape index (κ1) is 11.8. The van der Waals surface area contributed by atoms with Crippen LogP contribution in [-0.4, -0.2) is 28.8 Å². The second-order valence-corrected chi connectivity index (χ2v) is 4.96. The molecule has 3 unspecified atom stereocenters. The Morgan fingerprint density at radius 1 is 1.57 bits per heavy atom. The van der Waals surface area contributed by atoms with Gasteiger partial charge in [0.1, 0.15) is 5.38 Å². The first-order valence-electron chi connectivity index (χ1n) is 5.50. The van der Waals surface area contributed by atoms with Crippen molar-refractivity contribution in [1.82, 2.24) is 4.90 Å². The van der Waals surface area contributed by atoms with Crippen LogP contribution in [0.1, 0.15) is 40.0 Å². The van der Waals surface area contributed by atoms with Crippen molar-refractivity contribution in [3.05, 3.63) is 0 Å². The quantitative estimate of drug-likeness (QED) is 0.652. The lowest BCUT2D eigenvalue weighted by Gasteiger charge is -2.38. The first-order valence-corrected chi connectivity index (χ1v) is 5.94. The number of carbonyl (C=O) groups excluding carboxylic acids is 1. The van der Waals surface area contributed by atoms with Crippen molar-refractivity contribution in [3.63, 3.8) is 0 Å². The molecule has 14 heavy (non-hydrogen) atoms. The minimum absolute atomic E-state index is 0.0947. The van der Waals surface area contributed by atoms with Gasteiger partial charge in [-0.25, -0.2) is 0 Å². The summed E-state index contributed by atoms with van der Waals surface area (Å²) in [5, 5.41) is -0.381. The Kier molecular flexibility index (Phi) is 4.24. The van der Waals surface area contributed by atoms with Gasteiger partial charge in [-0.3, -0.25) is 4.79 Å². The molecule has 1 amide bonds. The summed E-state index contributed by atoms with van der Waals surface area (Å²) < 4.78 is 0. The molecule has 1 rings (SSSR count). The number of nitrogens with zero attached hydrogens (tertiary/aromatic N) is 1. The SMILES string of the molecule is CCC1CCC(C)N(C(=O)C(C)Cl)C1. The molecular formula is C11H20ClNO. The molecule has 0 spiro atoms.